The highest BCUT2D eigenvalue weighted by molar-refractivity contribution is 9.10. The van der Waals surface area contributed by atoms with E-state index in [0.29, 0.717) is 11.8 Å². The van der Waals surface area contributed by atoms with E-state index in [2.05, 4.69) is 33.5 Å². The molecule has 1 saturated heterocycles. The van der Waals surface area contributed by atoms with Crippen LogP contribution in [0.5, 0.6) is 5.75 Å². The summed E-state index contributed by atoms with van der Waals surface area (Å²) in [6.45, 7) is 6.89. The summed E-state index contributed by atoms with van der Waals surface area (Å²) in [4.78, 5) is 12.2. The van der Waals surface area contributed by atoms with Gasteiger partial charge in [-0.05, 0) is 73.8 Å². The molecule has 1 amide bonds. The fraction of sp³-hybridized carbons (Fsp3) is 0.562. The minimum Gasteiger partial charge on any atom is -0.480 e. The number of benzene rings is 1. The molecule has 0 saturated carbocycles. The van der Waals surface area contributed by atoms with Crippen molar-refractivity contribution in [2.24, 2.45) is 0 Å². The number of hydrogen-bond donors (Lipinski definition) is 2. The SMILES string of the molecule is Cc1ccc(OC(C)C(=O)NC2CCNC(C)C2)c(Br)c1.Cl. The third-order valence-electron chi connectivity index (χ3n) is 3.73. The molecule has 2 N–H and O–H groups in total. The van der Waals surface area contributed by atoms with Crippen LogP contribution in [-0.4, -0.2) is 30.6 Å². The van der Waals surface area contributed by atoms with Crippen LogP contribution in [0.1, 0.15) is 32.3 Å². The fourth-order valence-corrected chi connectivity index (χ4v) is 3.11. The second kappa shape index (κ2) is 8.75. The Hall–Kier alpha value is -0.780. The van der Waals surface area contributed by atoms with E-state index in [4.69, 9.17) is 4.74 Å². The van der Waals surface area contributed by atoms with E-state index in [1.165, 1.54) is 0 Å². The van der Waals surface area contributed by atoms with E-state index in [9.17, 15) is 4.79 Å². The smallest absolute Gasteiger partial charge is 0.260 e. The van der Waals surface area contributed by atoms with Gasteiger partial charge >= 0.3 is 0 Å². The van der Waals surface area contributed by atoms with Crippen molar-refractivity contribution in [1.29, 1.82) is 0 Å². The zero-order valence-electron chi connectivity index (χ0n) is 13.2. The lowest BCUT2D eigenvalue weighted by Crippen LogP contribution is -2.49. The zero-order chi connectivity index (χ0) is 15.4. The number of nitrogens with one attached hydrogen (secondary N) is 2. The van der Waals surface area contributed by atoms with E-state index in [1.54, 1.807) is 6.92 Å². The van der Waals surface area contributed by atoms with E-state index >= 15 is 0 Å². The van der Waals surface area contributed by atoms with Gasteiger partial charge in [0.1, 0.15) is 5.75 Å². The van der Waals surface area contributed by atoms with Crippen molar-refractivity contribution in [2.45, 2.75) is 51.8 Å². The van der Waals surface area contributed by atoms with Crippen LogP contribution in [0.2, 0.25) is 0 Å². The van der Waals surface area contributed by atoms with Gasteiger partial charge in [0.15, 0.2) is 6.10 Å². The van der Waals surface area contributed by atoms with Crippen LogP contribution in [-0.2, 0) is 4.79 Å². The highest BCUT2D eigenvalue weighted by atomic mass is 79.9. The van der Waals surface area contributed by atoms with Gasteiger partial charge < -0.3 is 15.4 Å². The Balaban J connectivity index is 0.00000242. The average Bonchev–Trinajstić information content (AvgIpc) is 2.41. The summed E-state index contributed by atoms with van der Waals surface area (Å²) in [5, 5.41) is 6.46. The minimum absolute atomic E-state index is 0. The predicted octanol–water partition coefficient (Wildman–Crippen LogP) is 3.20. The van der Waals surface area contributed by atoms with Crippen LogP contribution in [0.3, 0.4) is 0 Å². The van der Waals surface area contributed by atoms with E-state index in [-0.39, 0.29) is 24.4 Å². The Morgan fingerprint density at radius 3 is 2.86 bits per heavy atom. The lowest BCUT2D eigenvalue weighted by molar-refractivity contribution is -0.128. The molecular weight excluding hydrogens is 368 g/mol. The number of rotatable bonds is 4. The first kappa shape index (κ1) is 19.3. The molecule has 2 rings (SSSR count). The molecule has 0 aliphatic carbocycles. The average molecular weight is 392 g/mol. The summed E-state index contributed by atoms with van der Waals surface area (Å²) in [6.07, 6.45) is 1.43. The second-order valence-electron chi connectivity index (χ2n) is 5.78. The third-order valence-corrected chi connectivity index (χ3v) is 4.35. The quantitative estimate of drug-likeness (QED) is 0.828. The van der Waals surface area contributed by atoms with Crippen LogP contribution in [0.15, 0.2) is 22.7 Å². The van der Waals surface area contributed by atoms with Crippen LogP contribution >= 0.6 is 28.3 Å². The van der Waals surface area contributed by atoms with Gasteiger partial charge in [-0.2, -0.15) is 0 Å². The van der Waals surface area contributed by atoms with Gasteiger partial charge in [-0.25, -0.2) is 0 Å². The molecule has 1 aromatic rings. The maximum atomic E-state index is 12.2. The van der Waals surface area contributed by atoms with E-state index in [1.807, 2.05) is 25.1 Å². The molecule has 0 bridgehead atoms. The molecule has 1 aliphatic rings. The number of amides is 1. The normalized spacial score (nSPS) is 22.4. The molecule has 22 heavy (non-hydrogen) atoms. The Morgan fingerprint density at radius 1 is 1.50 bits per heavy atom. The van der Waals surface area contributed by atoms with Crippen LogP contribution in [0.4, 0.5) is 0 Å². The van der Waals surface area contributed by atoms with Gasteiger partial charge in [0, 0.05) is 12.1 Å². The van der Waals surface area contributed by atoms with Gasteiger partial charge in [0.25, 0.3) is 5.91 Å². The van der Waals surface area contributed by atoms with Crippen LogP contribution < -0.4 is 15.4 Å². The molecule has 1 aromatic carbocycles. The minimum atomic E-state index is -0.505. The van der Waals surface area contributed by atoms with Crippen molar-refractivity contribution in [3.63, 3.8) is 0 Å². The predicted molar refractivity (Wildman–Crippen MR) is 94.8 cm³/mol. The molecular formula is C16H24BrClN2O2. The van der Waals surface area contributed by atoms with E-state index in [0.717, 1.165) is 29.4 Å². The number of carbonyl (C=O) groups is 1. The van der Waals surface area contributed by atoms with Crippen molar-refractivity contribution in [3.05, 3.63) is 28.2 Å². The van der Waals surface area contributed by atoms with Gasteiger partial charge in [-0.3, -0.25) is 4.79 Å². The maximum absolute atomic E-state index is 12.2. The zero-order valence-corrected chi connectivity index (χ0v) is 15.6. The summed E-state index contributed by atoms with van der Waals surface area (Å²) in [7, 11) is 0. The standard InChI is InChI=1S/C16H23BrN2O2.ClH/c1-10-4-5-15(14(17)8-10)21-12(3)16(20)19-13-6-7-18-11(2)9-13;/h4-5,8,11-13,18H,6-7,9H2,1-3H3,(H,19,20);1H. The monoisotopic (exact) mass is 390 g/mol. The molecule has 0 aromatic heterocycles. The van der Waals surface area contributed by atoms with Gasteiger partial charge in [-0.1, -0.05) is 6.07 Å². The Labute approximate surface area is 146 Å². The summed E-state index contributed by atoms with van der Waals surface area (Å²) in [6, 6.07) is 6.52. The van der Waals surface area contributed by atoms with Crippen LogP contribution in [0.25, 0.3) is 0 Å². The molecule has 1 aliphatic heterocycles. The van der Waals surface area contributed by atoms with Gasteiger partial charge in [0.2, 0.25) is 0 Å². The summed E-state index contributed by atoms with van der Waals surface area (Å²) in [5.74, 6) is 0.642. The Kier molecular flexibility index (Phi) is 7.66. The Morgan fingerprint density at radius 2 is 2.23 bits per heavy atom. The maximum Gasteiger partial charge on any atom is 0.260 e. The van der Waals surface area contributed by atoms with Crippen molar-refractivity contribution < 1.29 is 9.53 Å². The highest BCUT2D eigenvalue weighted by Crippen LogP contribution is 2.26. The molecule has 1 fully saturated rings. The molecule has 0 spiro atoms. The lowest BCUT2D eigenvalue weighted by atomic mass is 10.0. The first-order chi connectivity index (χ1) is 9.95. The Bertz CT molecular complexity index is 513. The van der Waals surface area contributed by atoms with Gasteiger partial charge in [-0.15, -0.1) is 12.4 Å². The van der Waals surface area contributed by atoms with E-state index < -0.39 is 6.10 Å². The molecule has 3 atom stereocenters. The number of halogens is 2. The summed E-state index contributed by atoms with van der Waals surface area (Å²) < 4.78 is 6.63. The molecule has 3 unspecified atom stereocenters. The summed E-state index contributed by atoms with van der Waals surface area (Å²) in [5.41, 5.74) is 1.15. The first-order valence-corrected chi connectivity index (χ1v) is 8.21. The van der Waals surface area contributed by atoms with Crippen molar-refractivity contribution >= 4 is 34.2 Å². The largest absolute Gasteiger partial charge is 0.480 e. The van der Waals surface area contributed by atoms with Gasteiger partial charge in [0.05, 0.1) is 4.47 Å². The van der Waals surface area contributed by atoms with Crippen LogP contribution in [0, 0.1) is 6.92 Å². The molecule has 1 heterocycles. The molecule has 6 heteroatoms. The summed E-state index contributed by atoms with van der Waals surface area (Å²) >= 11 is 3.47. The van der Waals surface area contributed by atoms with Crippen molar-refractivity contribution in [1.82, 2.24) is 10.6 Å². The fourth-order valence-electron chi connectivity index (χ4n) is 2.53. The number of ether oxygens (including phenoxy) is 1. The number of hydrogen-bond acceptors (Lipinski definition) is 3. The lowest BCUT2D eigenvalue weighted by Gasteiger charge is -2.29. The number of aryl methyl sites for hydroxylation is 1. The number of piperidine rings is 1. The number of carbonyl (C=O) groups excluding carboxylic acids is 1. The van der Waals surface area contributed by atoms with Crippen molar-refractivity contribution in [3.8, 4) is 5.75 Å². The van der Waals surface area contributed by atoms with Crippen molar-refractivity contribution in [2.75, 3.05) is 6.54 Å². The molecule has 124 valence electrons. The topological polar surface area (TPSA) is 50.4 Å². The molecule has 0 radical (unpaired) electrons. The molecule has 4 nitrogen and oxygen atoms in total. The highest BCUT2D eigenvalue weighted by Gasteiger charge is 2.23. The first-order valence-electron chi connectivity index (χ1n) is 7.42. The third kappa shape index (κ3) is 5.45. The second-order valence-corrected chi connectivity index (χ2v) is 6.63.